The molecule has 2 heterocycles. The van der Waals surface area contributed by atoms with Gasteiger partial charge in [-0.1, -0.05) is 0 Å². The van der Waals surface area contributed by atoms with Gasteiger partial charge in [-0.05, 0) is 53.2 Å². The van der Waals surface area contributed by atoms with E-state index in [1.165, 1.54) is 5.56 Å². The van der Waals surface area contributed by atoms with Gasteiger partial charge in [0.15, 0.2) is 4.34 Å². The number of hydrogen-bond acceptors (Lipinski definition) is 4. The first-order valence-electron chi connectivity index (χ1n) is 4.37. The van der Waals surface area contributed by atoms with Gasteiger partial charge in [0.2, 0.25) is 0 Å². The molecule has 0 bridgehead atoms. The third kappa shape index (κ3) is 2.80. The summed E-state index contributed by atoms with van der Waals surface area (Å²) in [5.74, 6) is 0. The molecule has 2 aromatic heterocycles. The standard InChI is InChI=1S/C10H9BrN2S2/c1-6-3-9(12-4-8(6)11)15-10-13-7(2)5-14-10/h3-5H,1-2H3. The van der Waals surface area contributed by atoms with Gasteiger partial charge in [-0.15, -0.1) is 11.3 Å². The highest BCUT2D eigenvalue weighted by Crippen LogP contribution is 2.30. The van der Waals surface area contributed by atoms with E-state index in [9.17, 15) is 0 Å². The summed E-state index contributed by atoms with van der Waals surface area (Å²) in [5.41, 5.74) is 2.26. The van der Waals surface area contributed by atoms with Gasteiger partial charge < -0.3 is 0 Å². The lowest BCUT2D eigenvalue weighted by Gasteiger charge is -2.00. The summed E-state index contributed by atoms with van der Waals surface area (Å²) < 4.78 is 2.09. The Bertz CT molecular complexity index is 482. The molecule has 0 N–H and O–H groups in total. The van der Waals surface area contributed by atoms with Crippen LogP contribution < -0.4 is 0 Å². The molecule has 0 saturated carbocycles. The van der Waals surface area contributed by atoms with Crippen molar-refractivity contribution >= 4 is 39.0 Å². The van der Waals surface area contributed by atoms with E-state index in [-0.39, 0.29) is 0 Å². The summed E-state index contributed by atoms with van der Waals surface area (Å²) in [4.78, 5) is 8.71. The molecule has 78 valence electrons. The second-order valence-electron chi connectivity index (χ2n) is 3.13. The van der Waals surface area contributed by atoms with E-state index in [2.05, 4.69) is 38.9 Å². The van der Waals surface area contributed by atoms with Crippen molar-refractivity contribution in [2.75, 3.05) is 0 Å². The van der Waals surface area contributed by atoms with Crippen LogP contribution in [0.15, 0.2) is 31.5 Å². The lowest BCUT2D eigenvalue weighted by atomic mass is 10.3. The van der Waals surface area contributed by atoms with Gasteiger partial charge >= 0.3 is 0 Å². The third-order valence-electron chi connectivity index (χ3n) is 1.81. The summed E-state index contributed by atoms with van der Waals surface area (Å²) >= 11 is 6.70. The van der Waals surface area contributed by atoms with Crippen LogP contribution in [0.4, 0.5) is 0 Å². The van der Waals surface area contributed by atoms with Crippen LogP contribution >= 0.6 is 39.0 Å². The molecule has 5 heteroatoms. The quantitative estimate of drug-likeness (QED) is 0.836. The van der Waals surface area contributed by atoms with Crippen molar-refractivity contribution in [2.24, 2.45) is 0 Å². The Kier molecular flexibility index (Phi) is 3.43. The highest BCUT2D eigenvalue weighted by atomic mass is 79.9. The third-order valence-corrected chi connectivity index (χ3v) is 4.63. The van der Waals surface area contributed by atoms with Crippen LogP contribution in [0.5, 0.6) is 0 Å². The predicted octanol–water partition coefficient (Wildman–Crippen LogP) is 4.07. The van der Waals surface area contributed by atoms with Crippen molar-refractivity contribution in [2.45, 2.75) is 23.2 Å². The highest BCUT2D eigenvalue weighted by molar-refractivity contribution is 9.10. The molecular weight excluding hydrogens is 292 g/mol. The lowest BCUT2D eigenvalue weighted by Crippen LogP contribution is -1.83. The van der Waals surface area contributed by atoms with Crippen LogP contribution in [0, 0.1) is 13.8 Å². The van der Waals surface area contributed by atoms with Crippen LogP contribution in [-0.4, -0.2) is 9.97 Å². The maximum atomic E-state index is 4.39. The Balaban J connectivity index is 2.21. The zero-order valence-corrected chi connectivity index (χ0v) is 11.5. The van der Waals surface area contributed by atoms with Gasteiger partial charge in [0.25, 0.3) is 0 Å². The molecule has 0 radical (unpaired) electrons. The average molecular weight is 301 g/mol. The fraction of sp³-hybridized carbons (Fsp3) is 0.200. The van der Waals surface area contributed by atoms with Crippen molar-refractivity contribution in [1.82, 2.24) is 9.97 Å². The van der Waals surface area contributed by atoms with E-state index in [1.54, 1.807) is 23.1 Å². The minimum atomic E-state index is 0.991. The van der Waals surface area contributed by atoms with Crippen LogP contribution in [0.25, 0.3) is 0 Å². The molecule has 0 aliphatic heterocycles. The SMILES string of the molecule is Cc1csc(Sc2cc(C)c(Br)cn2)n1. The molecule has 0 amide bonds. The van der Waals surface area contributed by atoms with E-state index in [4.69, 9.17) is 0 Å². The van der Waals surface area contributed by atoms with Gasteiger partial charge in [0.1, 0.15) is 5.03 Å². The molecule has 0 spiro atoms. The van der Waals surface area contributed by atoms with E-state index < -0.39 is 0 Å². The summed E-state index contributed by atoms with van der Waals surface area (Å²) in [7, 11) is 0. The number of thiazole rings is 1. The fourth-order valence-electron chi connectivity index (χ4n) is 1.04. The molecule has 0 saturated heterocycles. The van der Waals surface area contributed by atoms with Crippen LogP contribution in [0.2, 0.25) is 0 Å². The molecule has 2 nitrogen and oxygen atoms in total. The molecule has 0 aromatic carbocycles. The number of aromatic nitrogens is 2. The number of aryl methyl sites for hydroxylation is 2. The summed E-state index contributed by atoms with van der Waals surface area (Å²) in [5, 5.41) is 3.04. The molecule has 2 aromatic rings. The maximum absolute atomic E-state index is 4.39. The smallest absolute Gasteiger partial charge is 0.156 e. The monoisotopic (exact) mass is 300 g/mol. The minimum Gasteiger partial charge on any atom is -0.248 e. The Morgan fingerprint density at radius 3 is 2.80 bits per heavy atom. The molecule has 0 fully saturated rings. The molecule has 0 aliphatic rings. The second kappa shape index (κ2) is 4.63. The van der Waals surface area contributed by atoms with Crippen molar-refractivity contribution < 1.29 is 0 Å². The number of hydrogen-bond donors (Lipinski definition) is 0. The molecule has 2 rings (SSSR count). The minimum absolute atomic E-state index is 0.991. The lowest BCUT2D eigenvalue weighted by molar-refractivity contribution is 1.09. The Morgan fingerprint density at radius 1 is 1.40 bits per heavy atom. The van der Waals surface area contributed by atoms with E-state index in [0.29, 0.717) is 0 Å². The normalized spacial score (nSPS) is 10.6. The molecular formula is C10H9BrN2S2. The number of halogens is 1. The second-order valence-corrected chi connectivity index (χ2v) is 6.11. The zero-order valence-electron chi connectivity index (χ0n) is 8.32. The van der Waals surface area contributed by atoms with Crippen molar-refractivity contribution in [1.29, 1.82) is 0 Å². The van der Waals surface area contributed by atoms with Gasteiger partial charge in [-0.3, -0.25) is 0 Å². The van der Waals surface area contributed by atoms with Crippen molar-refractivity contribution in [3.05, 3.63) is 33.4 Å². The predicted molar refractivity (Wildman–Crippen MR) is 67.6 cm³/mol. The molecule has 0 unspecified atom stereocenters. The fourth-order valence-corrected chi connectivity index (χ4v) is 3.08. The first-order chi connectivity index (χ1) is 7.15. The van der Waals surface area contributed by atoms with Gasteiger partial charge in [0.05, 0.1) is 0 Å². The summed E-state index contributed by atoms with van der Waals surface area (Å²) in [6, 6.07) is 2.06. The summed E-state index contributed by atoms with van der Waals surface area (Å²) in [6.07, 6.45) is 1.83. The van der Waals surface area contributed by atoms with E-state index in [1.807, 2.05) is 18.5 Å². The number of rotatable bonds is 2. The van der Waals surface area contributed by atoms with E-state index in [0.717, 1.165) is 19.5 Å². The van der Waals surface area contributed by atoms with Crippen LogP contribution in [-0.2, 0) is 0 Å². The van der Waals surface area contributed by atoms with Crippen molar-refractivity contribution in [3.8, 4) is 0 Å². The van der Waals surface area contributed by atoms with Crippen LogP contribution in [0.3, 0.4) is 0 Å². The summed E-state index contributed by atoms with van der Waals surface area (Å²) in [6.45, 7) is 4.06. The zero-order chi connectivity index (χ0) is 10.8. The topological polar surface area (TPSA) is 25.8 Å². The van der Waals surface area contributed by atoms with E-state index >= 15 is 0 Å². The maximum Gasteiger partial charge on any atom is 0.156 e. The van der Waals surface area contributed by atoms with Gasteiger partial charge in [-0.2, -0.15) is 0 Å². The molecule has 0 aliphatic carbocycles. The molecule has 15 heavy (non-hydrogen) atoms. The highest BCUT2D eigenvalue weighted by Gasteiger charge is 2.04. The average Bonchev–Trinajstić information content (AvgIpc) is 2.58. The van der Waals surface area contributed by atoms with Crippen molar-refractivity contribution in [3.63, 3.8) is 0 Å². The van der Waals surface area contributed by atoms with Crippen LogP contribution in [0.1, 0.15) is 11.3 Å². The first-order valence-corrected chi connectivity index (χ1v) is 6.86. The number of pyridine rings is 1. The van der Waals surface area contributed by atoms with Gasteiger partial charge in [-0.25, -0.2) is 9.97 Å². The van der Waals surface area contributed by atoms with Gasteiger partial charge in [0, 0.05) is 21.7 Å². The number of nitrogens with zero attached hydrogens (tertiary/aromatic N) is 2. The molecule has 0 atom stereocenters. The Hall–Kier alpha value is -0.390. The largest absolute Gasteiger partial charge is 0.248 e. The first kappa shape index (κ1) is 11.1. The Labute approximate surface area is 105 Å². The Morgan fingerprint density at radius 2 is 2.20 bits per heavy atom.